The highest BCUT2D eigenvalue weighted by Gasteiger charge is 2.12. The first-order valence-electron chi connectivity index (χ1n) is 10.3. The lowest BCUT2D eigenvalue weighted by Crippen LogP contribution is -2.19. The molecule has 2 aromatic carbocycles. The van der Waals surface area contributed by atoms with Crippen LogP contribution in [0.3, 0.4) is 0 Å². The molecule has 0 radical (unpaired) electrons. The monoisotopic (exact) mass is 433 g/mol. The molecule has 32 heavy (non-hydrogen) atoms. The van der Waals surface area contributed by atoms with E-state index < -0.39 is 0 Å². The van der Waals surface area contributed by atoms with Crippen molar-refractivity contribution in [3.05, 3.63) is 82.7 Å². The van der Waals surface area contributed by atoms with E-state index in [2.05, 4.69) is 10.5 Å². The lowest BCUT2D eigenvalue weighted by Gasteiger charge is -2.11. The van der Waals surface area contributed by atoms with E-state index in [4.69, 9.17) is 9.47 Å². The van der Waals surface area contributed by atoms with Crippen LogP contribution >= 0.6 is 0 Å². The van der Waals surface area contributed by atoms with Crippen LogP contribution in [-0.4, -0.2) is 36.4 Å². The molecule has 0 bridgehead atoms. The van der Waals surface area contributed by atoms with Crippen molar-refractivity contribution in [1.29, 1.82) is 0 Å². The molecule has 1 aromatic heterocycles. The minimum Gasteiger partial charge on any atom is -0.497 e. The third kappa shape index (κ3) is 5.43. The van der Waals surface area contributed by atoms with Crippen molar-refractivity contribution in [3.63, 3.8) is 0 Å². The van der Waals surface area contributed by atoms with Gasteiger partial charge in [-0.2, -0.15) is 5.10 Å². The van der Waals surface area contributed by atoms with Gasteiger partial charge in [-0.15, -0.1) is 0 Å². The van der Waals surface area contributed by atoms with Gasteiger partial charge in [-0.25, -0.2) is 10.2 Å². The number of rotatable bonds is 8. The number of hydrogen-bond donors (Lipinski definition) is 1. The van der Waals surface area contributed by atoms with Crippen molar-refractivity contribution in [2.75, 3.05) is 13.7 Å². The molecule has 0 saturated carbocycles. The molecule has 166 valence electrons. The zero-order chi connectivity index (χ0) is 23.1. The van der Waals surface area contributed by atoms with Gasteiger partial charge in [-0.05, 0) is 62.7 Å². The van der Waals surface area contributed by atoms with Gasteiger partial charge in [0.25, 0.3) is 0 Å². The van der Waals surface area contributed by atoms with Crippen LogP contribution in [0.25, 0.3) is 5.69 Å². The normalized spacial score (nSPS) is 10.9. The number of nitrogens with one attached hydrogen (secondary N) is 1. The molecule has 1 amide bonds. The van der Waals surface area contributed by atoms with Gasteiger partial charge in [0, 0.05) is 22.6 Å². The summed E-state index contributed by atoms with van der Waals surface area (Å²) >= 11 is 0. The van der Waals surface area contributed by atoms with Crippen molar-refractivity contribution in [2.24, 2.45) is 5.10 Å². The zero-order valence-electron chi connectivity index (χ0n) is 18.7. The predicted molar refractivity (Wildman–Crippen MR) is 124 cm³/mol. The molecule has 1 heterocycles. The average molecular weight is 434 g/mol. The maximum atomic E-state index is 12.2. The summed E-state index contributed by atoms with van der Waals surface area (Å²) in [5, 5.41) is 4.11. The smallest absolute Gasteiger partial charge is 0.338 e. The van der Waals surface area contributed by atoms with E-state index in [9.17, 15) is 9.59 Å². The number of amides is 1. The van der Waals surface area contributed by atoms with Gasteiger partial charge in [-0.3, -0.25) is 4.79 Å². The summed E-state index contributed by atoms with van der Waals surface area (Å²) < 4.78 is 12.3. The summed E-state index contributed by atoms with van der Waals surface area (Å²) in [5.41, 5.74) is 7.59. The van der Waals surface area contributed by atoms with E-state index in [1.54, 1.807) is 32.4 Å². The number of carbonyl (C=O) groups is 2. The van der Waals surface area contributed by atoms with Crippen LogP contribution in [0.2, 0.25) is 0 Å². The van der Waals surface area contributed by atoms with E-state index in [1.165, 1.54) is 0 Å². The second-order valence-corrected chi connectivity index (χ2v) is 7.25. The Bertz CT molecular complexity index is 1130. The Hall–Kier alpha value is -3.87. The minimum absolute atomic E-state index is 0.206. The molecule has 0 aliphatic rings. The van der Waals surface area contributed by atoms with Crippen molar-refractivity contribution < 1.29 is 19.1 Å². The SMILES string of the molecule is CCOC(=O)c1cccc(-n2c(C)cc(/C=N/NC(=O)Cc3ccc(OC)cc3)c2C)c1. The summed E-state index contributed by atoms with van der Waals surface area (Å²) in [6.45, 7) is 6.05. The lowest BCUT2D eigenvalue weighted by molar-refractivity contribution is -0.120. The summed E-state index contributed by atoms with van der Waals surface area (Å²) in [7, 11) is 1.60. The Morgan fingerprint density at radius 2 is 1.84 bits per heavy atom. The van der Waals surface area contributed by atoms with E-state index in [1.807, 2.05) is 60.9 Å². The quantitative estimate of drug-likeness (QED) is 0.331. The fourth-order valence-electron chi connectivity index (χ4n) is 3.44. The van der Waals surface area contributed by atoms with Crippen molar-refractivity contribution in [3.8, 4) is 11.4 Å². The van der Waals surface area contributed by atoms with E-state index in [-0.39, 0.29) is 18.3 Å². The van der Waals surface area contributed by atoms with Gasteiger partial charge in [0.1, 0.15) is 5.75 Å². The molecule has 7 heteroatoms. The predicted octanol–water partition coefficient (Wildman–Crippen LogP) is 3.97. The number of ether oxygens (including phenoxy) is 2. The van der Waals surface area contributed by atoms with Crippen LogP contribution in [0.1, 0.15) is 39.8 Å². The Morgan fingerprint density at radius 3 is 2.53 bits per heavy atom. The summed E-state index contributed by atoms with van der Waals surface area (Å²) in [5.74, 6) is 0.191. The maximum Gasteiger partial charge on any atom is 0.338 e. The maximum absolute atomic E-state index is 12.2. The molecule has 0 atom stereocenters. The molecule has 1 N–H and O–H groups in total. The van der Waals surface area contributed by atoms with Gasteiger partial charge in [0.15, 0.2) is 0 Å². The number of nitrogens with zero attached hydrogens (tertiary/aromatic N) is 2. The van der Waals surface area contributed by atoms with Gasteiger partial charge in [0.05, 0.1) is 31.9 Å². The standard InChI is InChI=1S/C25H27N3O4/c1-5-32-25(30)20-7-6-8-22(15-20)28-17(2)13-21(18(28)3)16-26-27-24(29)14-19-9-11-23(31-4)12-10-19/h6-13,15-16H,5,14H2,1-4H3,(H,27,29)/b26-16+. The first-order chi connectivity index (χ1) is 15.4. The van der Waals surface area contributed by atoms with Crippen LogP contribution in [0.5, 0.6) is 5.75 Å². The molecule has 7 nitrogen and oxygen atoms in total. The Morgan fingerprint density at radius 1 is 1.09 bits per heavy atom. The first kappa shape index (κ1) is 22.8. The average Bonchev–Trinajstić information content (AvgIpc) is 3.07. The van der Waals surface area contributed by atoms with Crippen LogP contribution < -0.4 is 10.2 Å². The molecule has 0 unspecified atom stereocenters. The number of aryl methyl sites for hydroxylation is 1. The van der Waals surface area contributed by atoms with Crippen molar-refractivity contribution >= 4 is 18.1 Å². The van der Waals surface area contributed by atoms with Crippen molar-refractivity contribution in [1.82, 2.24) is 9.99 Å². The number of aromatic nitrogens is 1. The number of methoxy groups -OCH3 is 1. The fraction of sp³-hybridized carbons (Fsp3) is 0.240. The Kier molecular flexibility index (Phi) is 7.44. The number of esters is 1. The topological polar surface area (TPSA) is 81.9 Å². The lowest BCUT2D eigenvalue weighted by atomic mass is 10.1. The number of carbonyl (C=O) groups excluding carboxylic acids is 2. The van der Waals surface area contributed by atoms with Crippen LogP contribution in [0.15, 0.2) is 59.7 Å². The summed E-state index contributed by atoms with van der Waals surface area (Å²) in [4.78, 5) is 24.3. The van der Waals surface area contributed by atoms with Crippen molar-refractivity contribution in [2.45, 2.75) is 27.2 Å². The van der Waals surface area contributed by atoms with E-state index in [0.29, 0.717) is 12.2 Å². The molecule has 0 fully saturated rings. The van der Waals surface area contributed by atoms with E-state index in [0.717, 1.165) is 34.0 Å². The third-order valence-corrected chi connectivity index (χ3v) is 5.00. The molecule has 0 saturated heterocycles. The van der Waals surface area contributed by atoms with Crippen LogP contribution in [0, 0.1) is 13.8 Å². The molecule has 0 aliphatic carbocycles. The fourth-order valence-corrected chi connectivity index (χ4v) is 3.44. The first-order valence-corrected chi connectivity index (χ1v) is 10.3. The van der Waals surface area contributed by atoms with E-state index >= 15 is 0 Å². The second kappa shape index (κ2) is 10.4. The highest BCUT2D eigenvalue weighted by Crippen LogP contribution is 2.21. The second-order valence-electron chi connectivity index (χ2n) is 7.25. The van der Waals surface area contributed by atoms with Gasteiger partial charge < -0.3 is 14.0 Å². The molecule has 3 rings (SSSR count). The summed E-state index contributed by atoms with van der Waals surface area (Å²) in [6.07, 6.45) is 1.85. The molecule has 0 aliphatic heterocycles. The zero-order valence-corrected chi connectivity index (χ0v) is 18.7. The Balaban J connectivity index is 1.70. The number of hydrazone groups is 1. The number of benzene rings is 2. The molecular formula is C25H27N3O4. The summed E-state index contributed by atoms with van der Waals surface area (Å²) in [6, 6.07) is 16.6. The molecule has 0 spiro atoms. The third-order valence-electron chi connectivity index (χ3n) is 5.00. The van der Waals surface area contributed by atoms with Gasteiger partial charge >= 0.3 is 5.97 Å². The Labute approximate surface area is 187 Å². The van der Waals surface area contributed by atoms with Crippen LogP contribution in [-0.2, 0) is 16.0 Å². The molecular weight excluding hydrogens is 406 g/mol. The largest absolute Gasteiger partial charge is 0.497 e. The van der Waals surface area contributed by atoms with Gasteiger partial charge in [-0.1, -0.05) is 18.2 Å². The minimum atomic E-state index is -0.349. The van der Waals surface area contributed by atoms with Crippen LogP contribution in [0.4, 0.5) is 0 Å². The highest BCUT2D eigenvalue weighted by atomic mass is 16.5. The number of hydrogen-bond acceptors (Lipinski definition) is 5. The van der Waals surface area contributed by atoms with Gasteiger partial charge in [0.2, 0.25) is 5.91 Å². The molecule has 3 aromatic rings. The highest BCUT2D eigenvalue weighted by molar-refractivity contribution is 5.90.